The van der Waals surface area contributed by atoms with E-state index in [0.29, 0.717) is 39.5 Å². The predicted molar refractivity (Wildman–Crippen MR) is 125 cm³/mol. The van der Waals surface area contributed by atoms with Crippen molar-refractivity contribution >= 4 is 45.1 Å². The van der Waals surface area contributed by atoms with Crippen LogP contribution in [0.3, 0.4) is 0 Å². The fourth-order valence-corrected chi connectivity index (χ4v) is 3.09. The monoisotopic (exact) mass is 509 g/mol. The van der Waals surface area contributed by atoms with Crippen molar-refractivity contribution < 1.29 is 23.8 Å². The van der Waals surface area contributed by atoms with Gasteiger partial charge in [-0.1, -0.05) is 13.3 Å². The Morgan fingerprint density at radius 2 is 1.58 bits per heavy atom. The van der Waals surface area contributed by atoms with Crippen LogP contribution in [-0.4, -0.2) is 37.8 Å². The lowest BCUT2D eigenvalue weighted by molar-refractivity contribution is 0.0934. The number of benzene rings is 2. The predicted octanol–water partition coefficient (Wildman–Crippen LogP) is 3.59. The Labute approximate surface area is 194 Å². The van der Waals surface area contributed by atoms with E-state index in [0.717, 1.165) is 12.8 Å². The molecule has 0 bridgehead atoms. The van der Waals surface area contributed by atoms with Crippen LogP contribution in [0.5, 0.6) is 17.2 Å². The summed E-state index contributed by atoms with van der Waals surface area (Å²) < 4.78 is 16.6. The molecule has 0 aliphatic carbocycles. The molecule has 2 aromatic rings. The molecule has 0 unspecified atom stereocenters. The highest BCUT2D eigenvalue weighted by atomic mass is 79.9. The summed E-state index contributed by atoms with van der Waals surface area (Å²) in [6, 6.07) is 9.69. The molecule has 2 rings (SSSR count). The fraction of sp³-hybridized carbons (Fsp3) is 0.286. The number of methoxy groups -OCH3 is 2. The van der Waals surface area contributed by atoms with Crippen molar-refractivity contribution in [1.82, 2.24) is 16.2 Å². The highest BCUT2D eigenvalue weighted by Crippen LogP contribution is 2.27. The first-order chi connectivity index (χ1) is 14.9. The van der Waals surface area contributed by atoms with Crippen LogP contribution in [0.1, 0.15) is 40.5 Å². The average Bonchev–Trinajstić information content (AvgIpc) is 2.77. The Morgan fingerprint density at radius 1 is 0.935 bits per heavy atom. The van der Waals surface area contributed by atoms with Gasteiger partial charge in [0.05, 0.1) is 25.3 Å². The minimum absolute atomic E-state index is 0.0572. The topological polar surface area (TPSA) is 97.9 Å². The smallest absolute Gasteiger partial charge is 0.269 e. The van der Waals surface area contributed by atoms with Gasteiger partial charge in [-0.15, -0.1) is 0 Å². The third-order valence-corrected chi connectivity index (χ3v) is 4.94. The number of nitrogens with one attached hydrogen (secondary N) is 3. The van der Waals surface area contributed by atoms with Gasteiger partial charge in [-0.3, -0.25) is 25.8 Å². The summed E-state index contributed by atoms with van der Waals surface area (Å²) in [6.07, 6.45) is 1.98. The molecular weight excluding hydrogens is 486 g/mol. The van der Waals surface area contributed by atoms with Crippen molar-refractivity contribution in [2.75, 3.05) is 20.8 Å². The number of hydrogen-bond donors (Lipinski definition) is 3. The molecular formula is C21H24BrN3O5S. The number of thiocarbonyl (C=S) groups is 1. The number of halogens is 1. The van der Waals surface area contributed by atoms with E-state index in [-0.39, 0.29) is 5.11 Å². The summed E-state index contributed by atoms with van der Waals surface area (Å²) in [5, 5.41) is 2.45. The number of carbonyl (C=O) groups is 2. The number of hydrogen-bond acceptors (Lipinski definition) is 6. The van der Waals surface area contributed by atoms with Gasteiger partial charge >= 0.3 is 0 Å². The normalized spacial score (nSPS) is 10.1. The lowest BCUT2D eigenvalue weighted by Crippen LogP contribution is -2.48. The standard InChI is InChI=1S/C21H24BrN3O5S/c1-4-5-10-30-16-8-6-13(11-15(16)22)19(26)23-21(31)25-24-20(27)14-7-9-17(28-2)18(12-14)29-3/h6-9,11-12H,4-5,10H2,1-3H3,(H,24,27)(H2,23,25,26,31). The van der Waals surface area contributed by atoms with Gasteiger partial charge in [0.1, 0.15) is 5.75 Å². The van der Waals surface area contributed by atoms with Crippen LogP contribution in [-0.2, 0) is 0 Å². The highest BCUT2D eigenvalue weighted by Gasteiger charge is 2.13. The van der Waals surface area contributed by atoms with Crippen molar-refractivity contribution in [2.24, 2.45) is 0 Å². The van der Waals surface area contributed by atoms with Crippen LogP contribution < -0.4 is 30.4 Å². The Hall–Kier alpha value is -2.85. The maximum absolute atomic E-state index is 12.4. The molecule has 0 aliphatic heterocycles. The van der Waals surface area contributed by atoms with Gasteiger partial charge in [0.25, 0.3) is 11.8 Å². The maximum atomic E-state index is 12.4. The summed E-state index contributed by atoms with van der Waals surface area (Å²) in [6.45, 7) is 2.69. The average molecular weight is 510 g/mol. The van der Waals surface area contributed by atoms with Crippen LogP contribution in [0.25, 0.3) is 0 Å². The van der Waals surface area contributed by atoms with E-state index < -0.39 is 11.8 Å². The number of unbranched alkanes of at least 4 members (excludes halogenated alkanes) is 1. The Balaban J connectivity index is 1.90. The van der Waals surface area contributed by atoms with E-state index in [1.54, 1.807) is 30.3 Å². The molecule has 2 amide bonds. The van der Waals surface area contributed by atoms with E-state index >= 15 is 0 Å². The number of ether oxygens (including phenoxy) is 3. The summed E-state index contributed by atoms with van der Waals surface area (Å²) >= 11 is 8.48. The first-order valence-corrected chi connectivity index (χ1v) is 10.7. The minimum atomic E-state index is -0.464. The quantitative estimate of drug-likeness (QED) is 0.284. The number of rotatable bonds is 8. The molecule has 2 aromatic carbocycles. The Bertz CT molecular complexity index is 955. The minimum Gasteiger partial charge on any atom is -0.493 e. The molecule has 0 radical (unpaired) electrons. The van der Waals surface area contributed by atoms with Crippen LogP contribution in [0.15, 0.2) is 40.9 Å². The van der Waals surface area contributed by atoms with E-state index in [2.05, 4.69) is 39.0 Å². The Kier molecular flexibility index (Phi) is 9.54. The fourth-order valence-electron chi connectivity index (χ4n) is 2.46. The van der Waals surface area contributed by atoms with Gasteiger partial charge in [-0.05, 0) is 71.0 Å². The van der Waals surface area contributed by atoms with Crippen LogP contribution in [0, 0.1) is 0 Å². The van der Waals surface area contributed by atoms with Crippen molar-refractivity contribution in [3.63, 3.8) is 0 Å². The molecule has 0 atom stereocenters. The zero-order chi connectivity index (χ0) is 22.8. The summed E-state index contributed by atoms with van der Waals surface area (Å²) in [5.74, 6) is 0.682. The molecule has 0 saturated carbocycles. The van der Waals surface area contributed by atoms with E-state index in [4.69, 9.17) is 26.4 Å². The van der Waals surface area contributed by atoms with Crippen molar-refractivity contribution in [3.05, 3.63) is 52.0 Å². The molecule has 0 saturated heterocycles. The molecule has 0 heterocycles. The molecule has 166 valence electrons. The van der Waals surface area contributed by atoms with Crippen molar-refractivity contribution in [1.29, 1.82) is 0 Å². The van der Waals surface area contributed by atoms with Crippen LogP contribution >= 0.6 is 28.1 Å². The highest BCUT2D eigenvalue weighted by molar-refractivity contribution is 9.10. The summed E-state index contributed by atoms with van der Waals surface area (Å²) in [5.41, 5.74) is 5.62. The lowest BCUT2D eigenvalue weighted by Gasteiger charge is -2.13. The Morgan fingerprint density at radius 3 is 2.19 bits per heavy atom. The molecule has 31 heavy (non-hydrogen) atoms. The van der Waals surface area contributed by atoms with Crippen molar-refractivity contribution in [2.45, 2.75) is 19.8 Å². The molecule has 8 nitrogen and oxygen atoms in total. The van der Waals surface area contributed by atoms with Gasteiger partial charge in [-0.25, -0.2) is 0 Å². The zero-order valence-corrected chi connectivity index (χ0v) is 19.8. The number of amides is 2. The van der Waals surface area contributed by atoms with Gasteiger partial charge in [0.2, 0.25) is 0 Å². The first-order valence-electron chi connectivity index (χ1n) is 9.45. The third-order valence-electron chi connectivity index (χ3n) is 4.11. The third kappa shape index (κ3) is 7.11. The van der Waals surface area contributed by atoms with Gasteiger partial charge in [-0.2, -0.15) is 0 Å². The summed E-state index contributed by atoms with van der Waals surface area (Å²) in [4.78, 5) is 24.7. The van der Waals surface area contributed by atoms with Gasteiger partial charge in [0, 0.05) is 11.1 Å². The second-order valence-electron chi connectivity index (χ2n) is 6.28. The molecule has 0 spiro atoms. The van der Waals surface area contributed by atoms with E-state index in [1.807, 2.05) is 0 Å². The van der Waals surface area contributed by atoms with Crippen molar-refractivity contribution in [3.8, 4) is 17.2 Å². The van der Waals surface area contributed by atoms with E-state index in [9.17, 15) is 9.59 Å². The van der Waals surface area contributed by atoms with Gasteiger partial charge < -0.3 is 14.2 Å². The molecule has 3 N–H and O–H groups in total. The molecule has 0 aromatic heterocycles. The number of hydrazine groups is 1. The molecule has 0 fully saturated rings. The van der Waals surface area contributed by atoms with Crippen LogP contribution in [0.2, 0.25) is 0 Å². The lowest BCUT2D eigenvalue weighted by atomic mass is 10.2. The summed E-state index contributed by atoms with van der Waals surface area (Å²) in [7, 11) is 2.98. The van der Waals surface area contributed by atoms with Crippen LogP contribution in [0.4, 0.5) is 0 Å². The van der Waals surface area contributed by atoms with Gasteiger partial charge in [0.15, 0.2) is 16.6 Å². The SMILES string of the molecule is CCCCOc1ccc(C(=O)NC(=S)NNC(=O)c2ccc(OC)c(OC)c2)cc1Br. The largest absolute Gasteiger partial charge is 0.493 e. The maximum Gasteiger partial charge on any atom is 0.269 e. The number of carbonyl (C=O) groups excluding carboxylic acids is 2. The molecule has 0 aliphatic rings. The molecule has 10 heteroatoms. The van der Waals surface area contributed by atoms with E-state index in [1.165, 1.54) is 20.3 Å². The second kappa shape index (κ2) is 12.1. The first kappa shape index (κ1) is 24.4. The zero-order valence-electron chi connectivity index (χ0n) is 17.4. The second-order valence-corrected chi connectivity index (χ2v) is 7.54.